The van der Waals surface area contributed by atoms with Gasteiger partial charge in [-0.3, -0.25) is 9.48 Å². The predicted molar refractivity (Wildman–Crippen MR) is 65.5 cm³/mol. The Bertz CT molecular complexity index is 519. The van der Waals surface area contributed by atoms with Crippen LogP contribution >= 0.6 is 0 Å². The van der Waals surface area contributed by atoms with Gasteiger partial charge >= 0.3 is 0 Å². The highest BCUT2D eigenvalue weighted by molar-refractivity contribution is 5.91. The molecule has 0 saturated carbocycles. The van der Waals surface area contributed by atoms with Crippen molar-refractivity contribution in [3.63, 3.8) is 0 Å². The number of amides is 1. The van der Waals surface area contributed by atoms with Crippen molar-refractivity contribution in [2.75, 3.05) is 5.32 Å². The van der Waals surface area contributed by atoms with E-state index < -0.39 is 5.91 Å². The average Bonchev–Trinajstić information content (AvgIpc) is 2.69. The molecule has 3 N–H and O–H groups in total. The number of nitrogens with zero attached hydrogens (tertiary/aromatic N) is 2. The van der Waals surface area contributed by atoms with E-state index in [1.807, 2.05) is 30.3 Å². The smallest absolute Gasteiger partial charge is 0.267 e. The summed E-state index contributed by atoms with van der Waals surface area (Å²) in [4.78, 5) is 11.0. The van der Waals surface area contributed by atoms with E-state index >= 15 is 0 Å². The summed E-state index contributed by atoms with van der Waals surface area (Å²) in [7, 11) is 1.69. The largest absolute Gasteiger partial charge is 0.365 e. The Morgan fingerprint density at radius 1 is 1.41 bits per heavy atom. The van der Waals surface area contributed by atoms with E-state index in [9.17, 15) is 4.79 Å². The third kappa shape index (κ3) is 2.63. The number of nitrogens with one attached hydrogen (secondary N) is 1. The Kier molecular flexibility index (Phi) is 3.09. The van der Waals surface area contributed by atoms with Crippen molar-refractivity contribution in [3.8, 4) is 0 Å². The number of anilines is 1. The van der Waals surface area contributed by atoms with E-state index in [1.54, 1.807) is 13.1 Å². The normalized spacial score (nSPS) is 10.2. The maximum atomic E-state index is 11.0. The van der Waals surface area contributed by atoms with Gasteiger partial charge in [0.2, 0.25) is 0 Å². The Hall–Kier alpha value is -2.30. The molecule has 1 aromatic carbocycles. The molecule has 1 aromatic heterocycles. The van der Waals surface area contributed by atoms with Crippen LogP contribution in [0.4, 0.5) is 5.82 Å². The maximum Gasteiger partial charge on any atom is 0.267 e. The van der Waals surface area contributed by atoms with Crippen LogP contribution in [0.15, 0.2) is 36.4 Å². The number of aromatic nitrogens is 2. The van der Waals surface area contributed by atoms with Crippen molar-refractivity contribution in [2.24, 2.45) is 12.8 Å². The number of carbonyl (C=O) groups is 1. The summed E-state index contributed by atoms with van der Waals surface area (Å²) in [6.45, 7) is 0.663. The molecule has 17 heavy (non-hydrogen) atoms. The lowest BCUT2D eigenvalue weighted by Crippen LogP contribution is -2.15. The first-order valence-electron chi connectivity index (χ1n) is 5.28. The number of benzene rings is 1. The molecular formula is C12H14N4O. The van der Waals surface area contributed by atoms with Gasteiger partial charge in [0.15, 0.2) is 0 Å². The second-order valence-corrected chi connectivity index (χ2v) is 3.74. The van der Waals surface area contributed by atoms with Gasteiger partial charge in [-0.2, -0.15) is 5.10 Å². The minimum Gasteiger partial charge on any atom is -0.365 e. The van der Waals surface area contributed by atoms with E-state index in [4.69, 9.17) is 5.73 Å². The number of primary amides is 1. The second kappa shape index (κ2) is 4.69. The zero-order chi connectivity index (χ0) is 12.3. The van der Waals surface area contributed by atoms with Gasteiger partial charge in [0.1, 0.15) is 11.5 Å². The number of hydrogen-bond acceptors (Lipinski definition) is 3. The molecule has 1 heterocycles. The van der Waals surface area contributed by atoms with Crippen LogP contribution in [0.2, 0.25) is 0 Å². The lowest BCUT2D eigenvalue weighted by Gasteiger charge is -2.01. The first kappa shape index (κ1) is 11.2. The highest BCUT2D eigenvalue weighted by atomic mass is 16.1. The van der Waals surface area contributed by atoms with Crippen molar-refractivity contribution >= 4 is 11.7 Å². The third-order valence-corrected chi connectivity index (χ3v) is 2.45. The van der Waals surface area contributed by atoms with Crippen LogP contribution in [0.3, 0.4) is 0 Å². The summed E-state index contributed by atoms with van der Waals surface area (Å²) in [5.74, 6) is 0.165. The molecular weight excluding hydrogens is 216 g/mol. The summed E-state index contributed by atoms with van der Waals surface area (Å²) in [6, 6.07) is 11.6. The molecule has 5 heteroatoms. The van der Waals surface area contributed by atoms with Gasteiger partial charge in [0, 0.05) is 19.7 Å². The Morgan fingerprint density at radius 2 is 2.12 bits per heavy atom. The van der Waals surface area contributed by atoms with Gasteiger partial charge < -0.3 is 11.1 Å². The molecule has 0 atom stereocenters. The SMILES string of the molecule is Cn1nc(NCc2ccccc2)cc1C(N)=O. The molecule has 0 spiro atoms. The van der Waals surface area contributed by atoms with E-state index in [0.717, 1.165) is 5.56 Å². The third-order valence-electron chi connectivity index (χ3n) is 2.45. The first-order chi connectivity index (χ1) is 8.16. The van der Waals surface area contributed by atoms with Crippen LogP contribution < -0.4 is 11.1 Å². The van der Waals surface area contributed by atoms with Crippen LogP contribution in [0.5, 0.6) is 0 Å². The molecule has 0 radical (unpaired) electrons. The van der Waals surface area contributed by atoms with E-state index in [-0.39, 0.29) is 0 Å². The molecule has 2 aromatic rings. The van der Waals surface area contributed by atoms with Gasteiger partial charge in [-0.25, -0.2) is 0 Å². The van der Waals surface area contributed by atoms with Gasteiger partial charge in [0.05, 0.1) is 0 Å². The molecule has 0 unspecified atom stereocenters. The zero-order valence-electron chi connectivity index (χ0n) is 9.55. The average molecular weight is 230 g/mol. The van der Waals surface area contributed by atoms with Crippen LogP contribution in [0, 0.1) is 0 Å². The molecule has 2 rings (SSSR count). The predicted octanol–water partition coefficient (Wildman–Crippen LogP) is 1.13. The summed E-state index contributed by atoms with van der Waals surface area (Å²) >= 11 is 0. The van der Waals surface area contributed by atoms with Crippen molar-refractivity contribution in [1.29, 1.82) is 0 Å². The number of carbonyl (C=O) groups excluding carboxylic acids is 1. The van der Waals surface area contributed by atoms with Gasteiger partial charge in [-0.05, 0) is 5.56 Å². The molecule has 0 saturated heterocycles. The van der Waals surface area contributed by atoms with Crippen molar-refractivity contribution < 1.29 is 4.79 Å². The molecule has 0 bridgehead atoms. The highest BCUT2D eigenvalue weighted by Crippen LogP contribution is 2.09. The molecule has 5 nitrogen and oxygen atoms in total. The lowest BCUT2D eigenvalue weighted by molar-refractivity contribution is 0.0991. The standard InChI is InChI=1S/C12H14N4O/c1-16-10(12(13)17)7-11(15-16)14-8-9-5-3-2-4-6-9/h2-7H,8H2,1H3,(H2,13,17)(H,14,15). The first-order valence-corrected chi connectivity index (χ1v) is 5.28. The topological polar surface area (TPSA) is 72.9 Å². The molecule has 0 aliphatic rings. The maximum absolute atomic E-state index is 11.0. The van der Waals surface area contributed by atoms with Gasteiger partial charge in [0.25, 0.3) is 5.91 Å². The quantitative estimate of drug-likeness (QED) is 0.827. The minimum absolute atomic E-state index is 0.389. The van der Waals surface area contributed by atoms with Crippen molar-refractivity contribution in [3.05, 3.63) is 47.7 Å². The van der Waals surface area contributed by atoms with Crippen LogP contribution in [0.25, 0.3) is 0 Å². The fraction of sp³-hybridized carbons (Fsp3) is 0.167. The van der Waals surface area contributed by atoms with Crippen molar-refractivity contribution in [1.82, 2.24) is 9.78 Å². The fourth-order valence-electron chi connectivity index (χ4n) is 1.57. The van der Waals surface area contributed by atoms with Crippen LogP contribution in [0.1, 0.15) is 16.1 Å². The molecule has 0 fully saturated rings. The Morgan fingerprint density at radius 3 is 2.71 bits per heavy atom. The summed E-state index contributed by atoms with van der Waals surface area (Å²) in [6.07, 6.45) is 0. The molecule has 0 aliphatic heterocycles. The molecule has 88 valence electrons. The van der Waals surface area contributed by atoms with Crippen LogP contribution in [-0.2, 0) is 13.6 Å². The van der Waals surface area contributed by atoms with Crippen LogP contribution in [-0.4, -0.2) is 15.7 Å². The number of hydrogen-bond donors (Lipinski definition) is 2. The second-order valence-electron chi connectivity index (χ2n) is 3.74. The number of rotatable bonds is 4. The minimum atomic E-state index is -0.479. The Labute approximate surface area is 99.2 Å². The molecule has 0 aliphatic carbocycles. The van der Waals surface area contributed by atoms with E-state index in [0.29, 0.717) is 18.1 Å². The van der Waals surface area contributed by atoms with E-state index in [2.05, 4.69) is 10.4 Å². The lowest BCUT2D eigenvalue weighted by atomic mass is 10.2. The summed E-state index contributed by atoms with van der Waals surface area (Å²) in [5, 5.41) is 7.29. The summed E-state index contributed by atoms with van der Waals surface area (Å²) < 4.78 is 1.47. The fourth-order valence-corrected chi connectivity index (χ4v) is 1.57. The van der Waals surface area contributed by atoms with Gasteiger partial charge in [-0.15, -0.1) is 0 Å². The number of aryl methyl sites for hydroxylation is 1. The van der Waals surface area contributed by atoms with Crippen molar-refractivity contribution in [2.45, 2.75) is 6.54 Å². The highest BCUT2D eigenvalue weighted by Gasteiger charge is 2.09. The Balaban J connectivity index is 2.05. The monoisotopic (exact) mass is 230 g/mol. The molecule has 1 amide bonds. The number of nitrogens with two attached hydrogens (primary N) is 1. The zero-order valence-corrected chi connectivity index (χ0v) is 9.55. The van der Waals surface area contributed by atoms with E-state index in [1.165, 1.54) is 4.68 Å². The van der Waals surface area contributed by atoms with Gasteiger partial charge in [-0.1, -0.05) is 30.3 Å². The summed E-state index contributed by atoms with van der Waals surface area (Å²) in [5.41, 5.74) is 6.75.